The Bertz CT molecular complexity index is 1300. The number of rotatable bonds is 4. The van der Waals surface area contributed by atoms with Gasteiger partial charge in [-0.05, 0) is 31.9 Å². The number of H-pyrrole nitrogens is 1. The van der Waals surface area contributed by atoms with Crippen molar-refractivity contribution in [1.29, 1.82) is 0 Å². The Hall–Kier alpha value is -3.77. The zero-order valence-electron chi connectivity index (χ0n) is 19.7. The first-order chi connectivity index (χ1) is 16.5. The van der Waals surface area contributed by atoms with E-state index >= 15 is 0 Å². The maximum Gasteiger partial charge on any atom is 0.417 e. The molecule has 0 aromatic carbocycles. The molecule has 0 bridgehead atoms. The number of anilines is 2. The lowest BCUT2D eigenvalue weighted by Crippen LogP contribution is -2.50. The minimum atomic E-state index is -4.64. The fourth-order valence-corrected chi connectivity index (χ4v) is 4.39. The quantitative estimate of drug-likeness (QED) is 0.578. The average Bonchev–Trinajstić information content (AvgIpc) is 3.22. The van der Waals surface area contributed by atoms with Gasteiger partial charge in [-0.2, -0.15) is 13.2 Å². The lowest BCUT2D eigenvalue weighted by atomic mass is 9.96. The minimum Gasteiger partial charge on any atom is -0.479 e. The molecule has 3 aromatic heterocycles. The number of amides is 2. The van der Waals surface area contributed by atoms with Gasteiger partial charge in [-0.1, -0.05) is 0 Å². The van der Waals surface area contributed by atoms with Gasteiger partial charge in [0.25, 0.3) is 5.56 Å². The maximum atomic E-state index is 13.1. The highest BCUT2D eigenvalue weighted by Gasteiger charge is 2.33. The molecule has 1 aliphatic heterocycles. The number of aromatic amines is 1. The number of nitrogens with zero attached hydrogens (tertiary/aromatic N) is 5. The number of pyridine rings is 2. The number of alkyl halides is 3. The summed E-state index contributed by atoms with van der Waals surface area (Å²) in [5, 5.41) is 10.0. The summed E-state index contributed by atoms with van der Waals surface area (Å²) in [7, 11) is 4.32. The predicted molar refractivity (Wildman–Crippen MR) is 124 cm³/mol. The molecule has 0 saturated carbocycles. The number of aromatic nitrogens is 4. The molecule has 1 fully saturated rings. The molecule has 13 heteroatoms. The predicted octanol–water partition coefficient (Wildman–Crippen LogP) is 3.21. The molecule has 0 radical (unpaired) electrons. The normalized spacial score (nSPS) is 18.5. The molecule has 10 nitrogen and oxygen atoms in total. The Balaban J connectivity index is 1.46. The van der Waals surface area contributed by atoms with E-state index in [1.54, 1.807) is 13.2 Å². The van der Waals surface area contributed by atoms with Crippen molar-refractivity contribution >= 4 is 28.4 Å². The largest absolute Gasteiger partial charge is 0.479 e. The van der Waals surface area contributed by atoms with Crippen LogP contribution in [-0.4, -0.2) is 63.5 Å². The number of ether oxygens (including phenoxy) is 1. The summed E-state index contributed by atoms with van der Waals surface area (Å²) in [6, 6.07) is 1.84. The molecule has 35 heavy (non-hydrogen) atoms. The second-order valence-corrected chi connectivity index (χ2v) is 8.64. The monoisotopic (exact) mass is 493 g/mol. The van der Waals surface area contributed by atoms with Crippen LogP contribution < -0.4 is 20.5 Å². The van der Waals surface area contributed by atoms with Gasteiger partial charge in [-0.15, -0.1) is 5.10 Å². The molecule has 0 unspecified atom stereocenters. The first kappa shape index (κ1) is 24.4. The Morgan fingerprint density at radius 1 is 1.34 bits per heavy atom. The van der Waals surface area contributed by atoms with E-state index in [4.69, 9.17) is 4.74 Å². The van der Waals surface area contributed by atoms with Crippen molar-refractivity contribution in [3.63, 3.8) is 0 Å². The lowest BCUT2D eigenvalue weighted by molar-refractivity contribution is -0.138. The van der Waals surface area contributed by atoms with Gasteiger partial charge in [0.1, 0.15) is 5.69 Å². The van der Waals surface area contributed by atoms with Gasteiger partial charge in [-0.3, -0.25) is 9.89 Å². The highest BCUT2D eigenvalue weighted by Crippen LogP contribution is 2.31. The fourth-order valence-electron chi connectivity index (χ4n) is 4.39. The van der Waals surface area contributed by atoms with E-state index in [1.807, 2.05) is 13.0 Å². The number of fused-ring (bicyclic) bond motifs is 1. The van der Waals surface area contributed by atoms with Crippen molar-refractivity contribution in [2.24, 2.45) is 7.05 Å². The smallest absolute Gasteiger partial charge is 0.417 e. The zero-order chi connectivity index (χ0) is 25.5. The third kappa shape index (κ3) is 4.75. The minimum absolute atomic E-state index is 0.0440. The van der Waals surface area contributed by atoms with Gasteiger partial charge >= 0.3 is 12.2 Å². The molecule has 4 rings (SSSR count). The number of hydrogen-bond donors (Lipinski definition) is 2. The highest BCUT2D eigenvalue weighted by atomic mass is 19.4. The highest BCUT2D eigenvalue weighted by molar-refractivity contribution is 5.89. The first-order valence-corrected chi connectivity index (χ1v) is 11.0. The van der Waals surface area contributed by atoms with E-state index in [-0.39, 0.29) is 12.1 Å². The number of carbonyl (C=O) groups is 1. The van der Waals surface area contributed by atoms with Crippen LogP contribution in [0.15, 0.2) is 29.3 Å². The molecular weight excluding hydrogens is 467 g/mol. The van der Waals surface area contributed by atoms with E-state index in [0.29, 0.717) is 43.2 Å². The summed E-state index contributed by atoms with van der Waals surface area (Å²) >= 11 is 0. The van der Waals surface area contributed by atoms with Crippen molar-refractivity contribution in [1.82, 2.24) is 24.6 Å². The van der Waals surface area contributed by atoms with Crippen LogP contribution in [0.1, 0.15) is 25.3 Å². The van der Waals surface area contributed by atoms with Crippen molar-refractivity contribution in [3.8, 4) is 5.88 Å². The number of nitrogens with one attached hydrogen (secondary N) is 2. The SMILES string of the molecule is COc1n[nH]c2ncc(N3CC[C@H](N(C)C(=O)Nc4cc(C(F)(F)F)cn(C)c4=O)C[C@@H]3C)cc12. The van der Waals surface area contributed by atoms with Crippen molar-refractivity contribution in [2.75, 3.05) is 30.9 Å². The summed E-state index contributed by atoms with van der Waals surface area (Å²) in [6.07, 6.45) is -0.959. The van der Waals surface area contributed by atoms with E-state index in [9.17, 15) is 22.8 Å². The van der Waals surface area contributed by atoms with Gasteiger partial charge in [0, 0.05) is 38.9 Å². The molecule has 0 aliphatic carbocycles. The van der Waals surface area contributed by atoms with E-state index in [2.05, 4.69) is 25.4 Å². The second-order valence-electron chi connectivity index (χ2n) is 8.64. The number of piperidine rings is 1. The molecule has 1 aliphatic rings. The fraction of sp³-hybridized carbons (Fsp3) is 0.455. The van der Waals surface area contributed by atoms with Gasteiger partial charge in [0.2, 0.25) is 5.88 Å². The number of aryl methyl sites for hydroxylation is 1. The van der Waals surface area contributed by atoms with Crippen LogP contribution in [0.3, 0.4) is 0 Å². The van der Waals surface area contributed by atoms with Gasteiger partial charge in [-0.25, -0.2) is 9.78 Å². The molecule has 2 amide bonds. The number of hydrogen-bond acceptors (Lipinski definition) is 6. The van der Waals surface area contributed by atoms with Gasteiger partial charge in [0.05, 0.1) is 29.9 Å². The Morgan fingerprint density at radius 2 is 2.09 bits per heavy atom. The van der Waals surface area contributed by atoms with E-state index in [1.165, 1.54) is 19.1 Å². The Morgan fingerprint density at radius 3 is 2.74 bits per heavy atom. The molecular formula is C22H26F3N7O3. The third-order valence-corrected chi connectivity index (χ3v) is 6.36. The molecule has 2 atom stereocenters. The zero-order valence-corrected chi connectivity index (χ0v) is 19.7. The lowest BCUT2D eigenvalue weighted by Gasteiger charge is -2.42. The molecule has 0 spiro atoms. The summed E-state index contributed by atoms with van der Waals surface area (Å²) in [6.45, 7) is 2.65. The van der Waals surface area contributed by atoms with Crippen LogP contribution in [-0.2, 0) is 13.2 Å². The van der Waals surface area contributed by atoms with E-state index < -0.39 is 29.0 Å². The number of carbonyl (C=O) groups excluding carboxylic acids is 1. The van der Waals surface area contributed by atoms with E-state index in [0.717, 1.165) is 15.6 Å². The molecule has 4 heterocycles. The van der Waals surface area contributed by atoms with Gasteiger partial charge in [0.15, 0.2) is 5.65 Å². The van der Waals surface area contributed by atoms with Crippen LogP contribution in [0.2, 0.25) is 0 Å². The van der Waals surface area contributed by atoms with Crippen molar-refractivity contribution in [3.05, 3.63) is 40.4 Å². The summed E-state index contributed by atoms with van der Waals surface area (Å²) in [5.74, 6) is 0.453. The van der Waals surface area contributed by atoms with Crippen molar-refractivity contribution < 1.29 is 22.7 Å². The number of methoxy groups -OCH3 is 1. The summed E-state index contributed by atoms with van der Waals surface area (Å²) in [4.78, 5) is 33.1. The van der Waals surface area contributed by atoms with Crippen LogP contribution in [0, 0.1) is 0 Å². The van der Waals surface area contributed by atoms with Gasteiger partial charge < -0.3 is 24.4 Å². The first-order valence-electron chi connectivity index (χ1n) is 11.0. The standard InChI is InChI=1S/C22H26F3N7O3/c1-12-7-14(5-6-32(12)15-9-16-18(26-10-15)28-29-19(16)35-4)31(3)21(34)27-17-8-13(22(23,24)25)11-30(2)20(17)33/h8-12,14H,5-7H2,1-4H3,(H,27,34)(H,26,28,29)/t12-,14-/m0/s1. The van der Waals surface area contributed by atoms with Crippen LogP contribution in [0.4, 0.5) is 29.3 Å². The number of halogens is 3. The van der Waals surface area contributed by atoms with Crippen molar-refractivity contribution in [2.45, 2.75) is 38.0 Å². The Kier molecular flexibility index (Phi) is 6.34. The number of urea groups is 1. The third-order valence-electron chi connectivity index (χ3n) is 6.36. The Labute approximate surface area is 198 Å². The topological polar surface area (TPSA) is 108 Å². The molecule has 2 N–H and O–H groups in total. The van der Waals surface area contributed by atoms with Crippen LogP contribution in [0.5, 0.6) is 5.88 Å². The average molecular weight is 493 g/mol. The van der Waals surface area contributed by atoms with Crippen LogP contribution >= 0.6 is 0 Å². The second kappa shape index (κ2) is 9.12. The maximum absolute atomic E-state index is 13.1. The molecule has 188 valence electrons. The molecule has 1 saturated heterocycles. The van der Waals surface area contributed by atoms with Crippen LogP contribution in [0.25, 0.3) is 11.0 Å². The molecule has 3 aromatic rings. The summed E-state index contributed by atoms with van der Waals surface area (Å²) in [5.41, 5.74) is -0.647. The summed E-state index contributed by atoms with van der Waals surface area (Å²) < 4.78 is 45.5.